The van der Waals surface area contributed by atoms with Crippen molar-refractivity contribution in [1.29, 1.82) is 0 Å². The number of aromatic nitrogens is 3. The molecule has 26 heavy (non-hydrogen) atoms. The van der Waals surface area contributed by atoms with Crippen LogP contribution in [0.1, 0.15) is 11.9 Å². The molecule has 4 rings (SSSR count). The van der Waals surface area contributed by atoms with E-state index in [1.807, 2.05) is 36.5 Å². The summed E-state index contributed by atoms with van der Waals surface area (Å²) in [5.74, 6) is 2.01. The van der Waals surface area contributed by atoms with Crippen LogP contribution in [0.25, 0.3) is 22.6 Å². The summed E-state index contributed by atoms with van der Waals surface area (Å²) < 4.78 is 10.7. The third-order valence-electron chi connectivity index (χ3n) is 4.66. The second kappa shape index (κ2) is 7.23. The molecule has 1 saturated heterocycles. The van der Waals surface area contributed by atoms with E-state index in [4.69, 9.17) is 9.26 Å². The summed E-state index contributed by atoms with van der Waals surface area (Å²) in [6.45, 7) is 2.76. The van der Waals surface area contributed by atoms with Gasteiger partial charge in [-0.15, -0.1) is 0 Å². The van der Waals surface area contributed by atoms with Crippen molar-refractivity contribution in [3.05, 3.63) is 48.5 Å². The number of rotatable bonds is 4. The smallest absolute Gasteiger partial charge is 0.259 e. The molecule has 1 aliphatic heterocycles. The molecule has 0 aliphatic carbocycles. The van der Waals surface area contributed by atoms with E-state index in [2.05, 4.69) is 32.4 Å². The fourth-order valence-corrected chi connectivity index (χ4v) is 3.08. The Labute approximate surface area is 152 Å². The standard InChI is InChI=1S/C19H21N5O2/c1-24-8-7-20-12-17(24)18-22-19(26-23-18)15-9-14(10-21-11-15)13-3-5-16(25-2)6-4-13/h3-6,9-11,17,20H,7-8,12H2,1-2H3. The Hall–Kier alpha value is -2.77. The van der Waals surface area contributed by atoms with Crippen LogP contribution in [0.4, 0.5) is 0 Å². The zero-order valence-corrected chi connectivity index (χ0v) is 14.8. The highest BCUT2D eigenvalue weighted by Gasteiger charge is 2.25. The monoisotopic (exact) mass is 351 g/mol. The number of ether oxygens (including phenoxy) is 1. The maximum absolute atomic E-state index is 5.50. The van der Waals surface area contributed by atoms with Gasteiger partial charge in [0.25, 0.3) is 5.89 Å². The predicted molar refractivity (Wildman–Crippen MR) is 97.8 cm³/mol. The molecular formula is C19H21N5O2. The first-order chi connectivity index (χ1) is 12.7. The molecule has 2 aromatic heterocycles. The number of benzene rings is 1. The van der Waals surface area contributed by atoms with Gasteiger partial charge in [0.15, 0.2) is 5.82 Å². The first-order valence-corrected chi connectivity index (χ1v) is 8.59. The van der Waals surface area contributed by atoms with Crippen LogP contribution in [0.5, 0.6) is 5.75 Å². The van der Waals surface area contributed by atoms with Crippen molar-refractivity contribution >= 4 is 0 Å². The molecule has 0 bridgehead atoms. The molecule has 0 amide bonds. The van der Waals surface area contributed by atoms with E-state index < -0.39 is 0 Å². The first-order valence-electron chi connectivity index (χ1n) is 8.59. The van der Waals surface area contributed by atoms with Gasteiger partial charge in [-0.25, -0.2) is 0 Å². The van der Waals surface area contributed by atoms with Crippen LogP contribution in [-0.2, 0) is 0 Å². The summed E-state index contributed by atoms with van der Waals surface area (Å²) in [6.07, 6.45) is 3.56. The second-order valence-corrected chi connectivity index (χ2v) is 6.35. The van der Waals surface area contributed by atoms with Gasteiger partial charge < -0.3 is 14.6 Å². The van der Waals surface area contributed by atoms with Crippen LogP contribution in [-0.4, -0.2) is 53.8 Å². The molecule has 7 nitrogen and oxygen atoms in total. The van der Waals surface area contributed by atoms with Gasteiger partial charge in [-0.05, 0) is 30.8 Å². The Kier molecular flexibility index (Phi) is 4.64. The normalized spacial score (nSPS) is 18.0. The van der Waals surface area contributed by atoms with E-state index in [1.54, 1.807) is 13.3 Å². The van der Waals surface area contributed by atoms with Crippen molar-refractivity contribution in [2.45, 2.75) is 6.04 Å². The fourth-order valence-electron chi connectivity index (χ4n) is 3.08. The van der Waals surface area contributed by atoms with Gasteiger partial charge in [-0.1, -0.05) is 17.3 Å². The minimum atomic E-state index is 0.124. The second-order valence-electron chi connectivity index (χ2n) is 6.35. The molecule has 134 valence electrons. The van der Waals surface area contributed by atoms with Crippen molar-refractivity contribution in [3.8, 4) is 28.3 Å². The largest absolute Gasteiger partial charge is 0.497 e. The summed E-state index contributed by atoms with van der Waals surface area (Å²) in [5, 5.41) is 7.55. The maximum Gasteiger partial charge on any atom is 0.259 e. The summed E-state index contributed by atoms with van der Waals surface area (Å²) in [5.41, 5.74) is 2.85. The molecule has 1 aromatic carbocycles. The number of pyridine rings is 1. The van der Waals surface area contributed by atoms with E-state index in [0.717, 1.165) is 42.1 Å². The lowest BCUT2D eigenvalue weighted by Crippen LogP contribution is -2.44. The first kappa shape index (κ1) is 16.7. The third kappa shape index (κ3) is 3.31. The van der Waals surface area contributed by atoms with Gasteiger partial charge in [-0.3, -0.25) is 9.88 Å². The van der Waals surface area contributed by atoms with Crippen LogP contribution < -0.4 is 10.1 Å². The minimum absolute atomic E-state index is 0.124. The van der Waals surface area contributed by atoms with Crippen LogP contribution in [0.3, 0.4) is 0 Å². The molecule has 0 spiro atoms. The predicted octanol–water partition coefficient (Wildman–Crippen LogP) is 2.38. The number of hydrogen-bond donors (Lipinski definition) is 1. The Morgan fingerprint density at radius 3 is 2.73 bits per heavy atom. The van der Waals surface area contributed by atoms with Crippen LogP contribution in [0.15, 0.2) is 47.2 Å². The van der Waals surface area contributed by atoms with Gasteiger partial charge in [0.1, 0.15) is 5.75 Å². The highest BCUT2D eigenvalue weighted by atomic mass is 16.5. The molecule has 1 unspecified atom stereocenters. The average molecular weight is 351 g/mol. The Bertz CT molecular complexity index is 878. The number of methoxy groups -OCH3 is 1. The SMILES string of the molecule is COc1ccc(-c2cncc(-c3nc(C4CNCCN4C)no3)c2)cc1. The molecular weight excluding hydrogens is 330 g/mol. The summed E-state index contributed by atoms with van der Waals surface area (Å²) in [4.78, 5) is 11.2. The van der Waals surface area contributed by atoms with Crippen molar-refractivity contribution in [2.24, 2.45) is 0 Å². The number of piperazine rings is 1. The van der Waals surface area contributed by atoms with Crippen molar-refractivity contribution in [2.75, 3.05) is 33.8 Å². The zero-order valence-electron chi connectivity index (χ0n) is 14.8. The quantitative estimate of drug-likeness (QED) is 0.773. The number of hydrogen-bond acceptors (Lipinski definition) is 7. The Morgan fingerprint density at radius 2 is 1.96 bits per heavy atom. The van der Waals surface area contributed by atoms with Gasteiger partial charge in [0.05, 0.1) is 18.7 Å². The number of likely N-dealkylation sites (N-methyl/N-ethyl adjacent to an activating group) is 1. The molecule has 1 aliphatic rings. The van der Waals surface area contributed by atoms with Gasteiger partial charge in [0.2, 0.25) is 0 Å². The van der Waals surface area contributed by atoms with Crippen LogP contribution in [0.2, 0.25) is 0 Å². The molecule has 1 fully saturated rings. The van der Waals surface area contributed by atoms with Crippen LogP contribution in [0, 0.1) is 0 Å². The third-order valence-corrected chi connectivity index (χ3v) is 4.66. The van der Waals surface area contributed by atoms with E-state index >= 15 is 0 Å². The Morgan fingerprint density at radius 1 is 1.15 bits per heavy atom. The fraction of sp³-hybridized carbons (Fsp3) is 0.316. The average Bonchev–Trinajstić information content (AvgIpc) is 3.18. The van der Waals surface area contributed by atoms with Gasteiger partial charge in [0, 0.05) is 37.6 Å². The van der Waals surface area contributed by atoms with E-state index in [1.165, 1.54) is 0 Å². The molecule has 7 heteroatoms. The van der Waals surface area contributed by atoms with E-state index in [9.17, 15) is 0 Å². The molecule has 0 saturated carbocycles. The summed E-state index contributed by atoms with van der Waals surface area (Å²) in [7, 11) is 3.73. The van der Waals surface area contributed by atoms with E-state index in [-0.39, 0.29) is 6.04 Å². The zero-order chi connectivity index (χ0) is 17.9. The lowest BCUT2D eigenvalue weighted by molar-refractivity contribution is 0.190. The van der Waals surface area contributed by atoms with E-state index in [0.29, 0.717) is 11.7 Å². The highest BCUT2D eigenvalue weighted by molar-refractivity contribution is 5.68. The minimum Gasteiger partial charge on any atom is -0.497 e. The molecule has 1 atom stereocenters. The van der Waals surface area contributed by atoms with Gasteiger partial charge >= 0.3 is 0 Å². The number of nitrogens with one attached hydrogen (secondary N) is 1. The molecule has 0 radical (unpaired) electrons. The van der Waals surface area contributed by atoms with Gasteiger partial charge in [-0.2, -0.15) is 4.98 Å². The molecule has 1 N–H and O–H groups in total. The highest BCUT2D eigenvalue weighted by Crippen LogP contribution is 2.27. The maximum atomic E-state index is 5.50. The summed E-state index contributed by atoms with van der Waals surface area (Å²) >= 11 is 0. The number of nitrogens with zero attached hydrogens (tertiary/aromatic N) is 4. The topological polar surface area (TPSA) is 76.3 Å². The molecule has 3 aromatic rings. The van der Waals surface area contributed by atoms with Crippen LogP contribution >= 0.6 is 0 Å². The van der Waals surface area contributed by atoms with Crippen molar-refractivity contribution in [1.82, 2.24) is 25.3 Å². The van der Waals surface area contributed by atoms with Crippen molar-refractivity contribution in [3.63, 3.8) is 0 Å². The Balaban J connectivity index is 1.60. The molecule has 3 heterocycles. The lowest BCUT2D eigenvalue weighted by atomic mass is 10.1. The summed E-state index contributed by atoms with van der Waals surface area (Å²) in [6, 6.07) is 9.99. The van der Waals surface area contributed by atoms with Crippen molar-refractivity contribution < 1.29 is 9.26 Å². The lowest BCUT2D eigenvalue weighted by Gasteiger charge is -2.30.